The van der Waals surface area contributed by atoms with Crippen molar-refractivity contribution >= 4 is 11.6 Å². The van der Waals surface area contributed by atoms with Crippen molar-refractivity contribution in [1.82, 2.24) is 4.90 Å². The molecule has 1 aromatic carbocycles. The van der Waals surface area contributed by atoms with Gasteiger partial charge < -0.3 is 14.5 Å². The van der Waals surface area contributed by atoms with Gasteiger partial charge in [-0.25, -0.2) is 0 Å². The largest absolute Gasteiger partial charge is 0.495 e. The third kappa shape index (κ3) is 11.1. The molecule has 1 amide bonds. The Labute approximate surface area is 203 Å². The fourth-order valence-corrected chi connectivity index (χ4v) is 4.59. The molecule has 186 valence electrons. The summed E-state index contributed by atoms with van der Waals surface area (Å²) in [6, 6.07) is 8.14. The minimum atomic E-state index is 0.326. The molecular weight excluding hydrogens is 408 g/mol. The number of methoxy groups -OCH3 is 1. The highest BCUT2D eigenvalue weighted by Gasteiger charge is 2.22. The number of ether oxygens (including phenoxy) is 1. The van der Waals surface area contributed by atoms with Crippen molar-refractivity contribution in [3.05, 3.63) is 36.4 Å². The first kappa shape index (κ1) is 27.3. The molecule has 0 spiro atoms. The first-order chi connectivity index (χ1) is 16.3. The zero-order chi connectivity index (χ0) is 23.6. The van der Waals surface area contributed by atoms with Crippen LogP contribution in [-0.2, 0) is 4.79 Å². The predicted molar refractivity (Wildman–Crippen MR) is 141 cm³/mol. The minimum absolute atomic E-state index is 0.326. The number of benzene rings is 1. The van der Waals surface area contributed by atoms with E-state index in [9.17, 15) is 4.79 Å². The van der Waals surface area contributed by atoms with Crippen molar-refractivity contribution in [3.63, 3.8) is 0 Å². The highest BCUT2D eigenvalue weighted by atomic mass is 16.5. The maximum atomic E-state index is 12.6. The molecule has 0 unspecified atom stereocenters. The Kier molecular flexibility index (Phi) is 14.5. The second-order valence-electron chi connectivity index (χ2n) is 9.37. The molecule has 1 heterocycles. The summed E-state index contributed by atoms with van der Waals surface area (Å²) < 4.78 is 5.48. The molecule has 2 rings (SSSR count). The van der Waals surface area contributed by atoms with Gasteiger partial charge >= 0.3 is 0 Å². The standard InChI is InChI=1S/C29H48N2O2/c1-3-4-5-6-7-8-9-10-11-12-13-14-15-16-17-22-29(32)31-25-23-30(24-26-31)27-20-18-19-21-28(27)33-2/h10-11,18-21H,3-9,12-17,22-26H2,1-2H3/b11-10+. The lowest BCUT2D eigenvalue weighted by atomic mass is 10.1. The molecule has 4 heteroatoms. The van der Waals surface area contributed by atoms with Gasteiger partial charge in [0, 0.05) is 32.6 Å². The second-order valence-corrected chi connectivity index (χ2v) is 9.37. The van der Waals surface area contributed by atoms with Crippen molar-refractivity contribution in [3.8, 4) is 5.75 Å². The summed E-state index contributed by atoms with van der Waals surface area (Å²) in [7, 11) is 1.71. The second kappa shape index (κ2) is 17.5. The fourth-order valence-electron chi connectivity index (χ4n) is 4.59. The van der Waals surface area contributed by atoms with Gasteiger partial charge in [0.2, 0.25) is 5.91 Å². The maximum absolute atomic E-state index is 12.6. The Morgan fingerprint density at radius 3 is 2.03 bits per heavy atom. The molecule has 0 saturated carbocycles. The van der Waals surface area contributed by atoms with Gasteiger partial charge in [0.25, 0.3) is 0 Å². The van der Waals surface area contributed by atoms with Gasteiger partial charge in [-0.3, -0.25) is 4.79 Å². The fraction of sp³-hybridized carbons (Fsp3) is 0.690. The lowest BCUT2D eigenvalue weighted by Crippen LogP contribution is -2.48. The van der Waals surface area contributed by atoms with E-state index in [1.807, 2.05) is 23.1 Å². The van der Waals surface area contributed by atoms with Crippen LogP contribution in [0.15, 0.2) is 36.4 Å². The van der Waals surface area contributed by atoms with Gasteiger partial charge in [-0.2, -0.15) is 0 Å². The van der Waals surface area contributed by atoms with Crippen LogP contribution in [0, 0.1) is 0 Å². The quantitative estimate of drug-likeness (QED) is 0.181. The van der Waals surface area contributed by atoms with E-state index in [4.69, 9.17) is 4.74 Å². The van der Waals surface area contributed by atoms with Crippen LogP contribution in [0.25, 0.3) is 0 Å². The zero-order valence-electron chi connectivity index (χ0n) is 21.4. The van der Waals surface area contributed by atoms with Crippen LogP contribution >= 0.6 is 0 Å². The molecule has 0 bridgehead atoms. The topological polar surface area (TPSA) is 32.8 Å². The molecule has 1 saturated heterocycles. The van der Waals surface area contributed by atoms with Crippen molar-refractivity contribution in [2.45, 2.75) is 96.8 Å². The van der Waals surface area contributed by atoms with Crippen LogP contribution in [0.2, 0.25) is 0 Å². The highest BCUT2D eigenvalue weighted by Crippen LogP contribution is 2.28. The Morgan fingerprint density at radius 2 is 1.39 bits per heavy atom. The van der Waals surface area contributed by atoms with Gasteiger partial charge in [-0.05, 0) is 44.2 Å². The lowest BCUT2D eigenvalue weighted by molar-refractivity contribution is -0.131. The van der Waals surface area contributed by atoms with E-state index < -0.39 is 0 Å². The third-order valence-corrected chi connectivity index (χ3v) is 6.71. The van der Waals surface area contributed by atoms with Crippen LogP contribution in [-0.4, -0.2) is 44.1 Å². The average molecular weight is 457 g/mol. The molecule has 1 fully saturated rings. The zero-order valence-corrected chi connectivity index (χ0v) is 21.4. The van der Waals surface area contributed by atoms with Crippen molar-refractivity contribution < 1.29 is 9.53 Å². The number of unbranched alkanes of at least 4 members (excludes halogenated alkanes) is 11. The summed E-state index contributed by atoms with van der Waals surface area (Å²) in [6.07, 6.45) is 22.2. The SMILES string of the molecule is CCCCCCCC/C=C/CCCCCCCC(=O)N1CCN(c2ccccc2OC)CC1. The van der Waals surface area contributed by atoms with Crippen LogP contribution in [0.5, 0.6) is 5.75 Å². The first-order valence-corrected chi connectivity index (χ1v) is 13.6. The number of carbonyl (C=O) groups is 1. The normalized spacial score (nSPS) is 14.2. The number of carbonyl (C=O) groups excluding carboxylic acids is 1. The van der Waals surface area contributed by atoms with Gasteiger partial charge in [0.1, 0.15) is 5.75 Å². The van der Waals surface area contributed by atoms with Crippen LogP contribution in [0.3, 0.4) is 0 Å². The van der Waals surface area contributed by atoms with Crippen LogP contribution < -0.4 is 9.64 Å². The number of allylic oxidation sites excluding steroid dienone is 2. The predicted octanol–water partition coefficient (Wildman–Crippen LogP) is 7.38. The molecule has 4 nitrogen and oxygen atoms in total. The molecule has 1 aliphatic heterocycles. The molecule has 1 aromatic rings. The van der Waals surface area contributed by atoms with E-state index in [2.05, 4.69) is 30.0 Å². The number of piperazine rings is 1. The summed E-state index contributed by atoms with van der Waals surface area (Å²) >= 11 is 0. The van der Waals surface area contributed by atoms with Gasteiger partial charge in [-0.15, -0.1) is 0 Å². The minimum Gasteiger partial charge on any atom is -0.495 e. The molecule has 0 atom stereocenters. The summed E-state index contributed by atoms with van der Waals surface area (Å²) in [6.45, 7) is 5.64. The van der Waals surface area contributed by atoms with Gasteiger partial charge in [-0.1, -0.05) is 82.6 Å². The number of hydrogen-bond donors (Lipinski definition) is 0. The first-order valence-electron chi connectivity index (χ1n) is 13.6. The molecular formula is C29H48N2O2. The van der Waals surface area contributed by atoms with E-state index in [-0.39, 0.29) is 0 Å². The van der Waals surface area contributed by atoms with Gasteiger partial charge in [0.15, 0.2) is 0 Å². The molecule has 1 aliphatic rings. The summed E-state index contributed by atoms with van der Waals surface area (Å²) in [5.41, 5.74) is 1.13. The number of nitrogens with zero attached hydrogens (tertiary/aromatic N) is 2. The summed E-state index contributed by atoms with van der Waals surface area (Å²) in [5, 5.41) is 0. The summed E-state index contributed by atoms with van der Waals surface area (Å²) in [5.74, 6) is 1.23. The van der Waals surface area contributed by atoms with Gasteiger partial charge in [0.05, 0.1) is 12.8 Å². The van der Waals surface area contributed by atoms with E-state index in [0.717, 1.165) is 44.0 Å². The van der Waals surface area contributed by atoms with Crippen molar-refractivity contribution in [2.24, 2.45) is 0 Å². The van der Waals surface area contributed by atoms with Crippen molar-refractivity contribution in [2.75, 3.05) is 38.2 Å². The molecule has 0 aromatic heterocycles. The Bertz CT molecular complexity index is 665. The van der Waals surface area contributed by atoms with Crippen LogP contribution in [0.4, 0.5) is 5.69 Å². The molecule has 33 heavy (non-hydrogen) atoms. The molecule has 0 radical (unpaired) electrons. The van der Waals surface area contributed by atoms with Crippen LogP contribution in [0.1, 0.15) is 96.8 Å². The number of amides is 1. The van der Waals surface area contributed by atoms with E-state index >= 15 is 0 Å². The average Bonchev–Trinajstić information content (AvgIpc) is 2.86. The maximum Gasteiger partial charge on any atom is 0.222 e. The number of para-hydroxylation sites is 2. The lowest BCUT2D eigenvalue weighted by Gasteiger charge is -2.36. The Balaban J connectivity index is 1.44. The third-order valence-electron chi connectivity index (χ3n) is 6.71. The molecule has 0 aliphatic carbocycles. The molecule has 0 N–H and O–H groups in total. The number of rotatable bonds is 17. The highest BCUT2D eigenvalue weighted by molar-refractivity contribution is 5.76. The Hall–Kier alpha value is -1.97. The van der Waals surface area contributed by atoms with E-state index in [0.29, 0.717) is 12.3 Å². The van der Waals surface area contributed by atoms with Crippen molar-refractivity contribution in [1.29, 1.82) is 0 Å². The monoisotopic (exact) mass is 456 g/mol. The van der Waals surface area contributed by atoms with E-state index in [1.54, 1.807) is 7.11 Å². The number of anilines is 1. The number of hydrogen-bond acceptors (Lipinski definition) is 3. The Morgan fingerprint density at radius 1 is 0.818 bits per heavy atom. The smallest absolute Gasteiger partial charge is 0.222 e. The van der Waals surface area contributed by atoms with E-state index in [1.165, 1.54) is 77.0 Å². The summed E-state index contributed by atoms with van der Waals surface area (Å²) in [4.78, 5) is 16.9.